The van der Waals surface area contributed by atoms with Gasteiger partial charge in [-0.3, -0.25) is 9.59 Å². The fourth-order valence-electron chi connectivity index (χ4n) is 2.48. The van der Waals surface area contributed by atoms with Gasteiger partial charge < -0.3 is 9.64 Å². The Balaban J connectivity index is 1.94. The predicted molar refractivity (Wildman–Crippen MR) is 86.4 cm³/mol. The molecular formula is C17H20ClNO3. The molecule has 118 valence electrons. The fourth-order valence-corrected chi connectivity index (χ4v) is 2.60. The summed E-state index contributed by atoms with van der Waals surface area (Å²) in [5.74, 6) is -0.493. The van der Waals surface area contributed by atoms with Crippen LogP contribution in [0.4, 0.5) is 0 Å². The van der Waals surface area contributed by atoms with Gasteiger partial charge in [-0.1, -0.05) is 23.7 Å². The number of likely N-dealkylation sites (tertiary alicyclic amines) is 1. The second kappa shape index (κ2) is 7.99. The van der Waals surface area contributed by atoms with Crippen LogP contribution >= 0.6 is 11.6 Å². The highest BCUT2D eigenvalue weighted by Gasteiger charge is 2.28. The van der Waals surface area contributed by atoms with E-state index in [1.807, 2.05) is 12.1 Å². The number of carbonyl (C=O) groups excluding carboxylic acids is 2. The van der Waals surface area contributed by atoms with Gasteiger partial charge in [0.25, 0.3) is 0 Å². The van der Waals surface area contributed by atoms with Gasteiger partial charge in [0.2, 0.25) is 5.91 Å². The zero-order valence-electron chi connectivity index (χ0n) is 12.6. The van der Waals surface area contributed by atoms with E-state index in [-0.39, 0.29) is 17.8 Å². The second-order valence-corrected chi connectivity index (χ2v) is 5.70. The molecule has 22 heavy (non-hydrogen) atoms. The normalized spacial score (nSPS) is 18.5. The summed E-state index contributed by atoms with van der Waals surface area (Å²) in [4.78, 5) is 25.7. The van der Waals surface area contributed by atoms with Crippen molar-refractivity contribution in [3.8, 4) is 0 Å². The van der Waals surface area contributed by atoms with E-state index in [0.29, 0.717) is 24.7 Å². The van der Waals surface area contributed by atoms with Crippen LogP contribution in [0.25, 0.3) is 6.08 Å². The van der Waals surface area contributed by atoms with Crippen molar-refractivity contribution in [2.45, 2.75) is 19.8 Å². The minimum atomic E-state index is -0.207. The fraction of sp³-hybridized carbons (Fsp3) is 0.412. The third-order valence-electron chi connectivity index (χ3n) is 3.64. The first-order valence-electron chi connectivity index (χ1n) is 7.49. The molecule has 4 nitrogen and oxygen atoms in total. The van der Waals surface area contributed by atoms with Gasteiger partial charge in [0, 0.05) is 24.2 Å². The molecule has 1 fully saturated rings. The van der Waals surface area contributed by atoms with Crippen molar-refractivity contribution in [3.05, 3.63) is 40.9 Å². The molecule has 1 heterocycles. The van der Waals surface area contributed by atoms with Crippen LogP contribution in [0.1, 0.15) is 25.3 Å². The molecule has 0 aliphatic carbocycles. The van der Waals surface area contributed by atoms with Gasteiger partial charge in [-0.2, -0.15) is 0 Å². The van der Waals surface area contributed by atoms with E-state index in [2.05, 4.69) is 0 Å². The summed E-state index contributed by atoms with van der Waals surface area (Å²) in [5.41, 5.74) is 0.914. The van der Waals surface area contributed by atoms with E-state index in [4.69, 9.17) is 16.3 Å². The number of hydrogen-bond donors (Lipinski definition) is 0. The number of carbonyl (C=O) groups is 2. The maximum Gasteiger partial charge on any atom is 0.310 e. The molecule has 0 spiro atoms. The Morgan fingerprint density at radius 3 is 2.77 bits per heavy atom. The van der Waals surface area contributed by atoms with E-state index < -0.39 is 0 Å². The van der Waals surface area contributed by atoms with E-state index in [9.17, 15) is 9.59 Å². The number of ether oxygens (including phenoxy) is 1. The number of benzene rings is 1. The second-order valence-electron chi connectivity index (χ2n) is 5.26. The number of piperidine rings is 1. The summed E-state index contributed by atoms with van der Waals surface area (Å²) in [7, 11) is 0. The molecule has 1 aromatic carbocycles. The quantitative estimate of drug-likeness (QED) is 0.632. The van der Waals surface area contributed by atoms with Crippen molar-refractivity contribution in [3.63, 3.8) is 0 Å². The Morgan fingerprint density at radius 2 is 2.09 bits per heavy atom. The molecule has 0 aromatic heterocycles. The van der Waals surface area contributed by atoms with E-state index in [0.717, 1.165) is 18.4 Å². The first-order chi connectivity index (χ1) is 10.6. The van der Waals surface area contributed by atoms with Crippen LogP contribution in [0.3, 0.4) is 0 Å². The summed E-state index contributed by atoms with van der Waals surface area (Å²) in [6.45, 7) is 3.28. The van der Waals surface area contributed by atoms with Crippen molar-refractivity contribution in [1.29, 1.82) is 0 Å². The zero-order valence-corrected chi connectivity index (χ0v) is 13.4. The molecule has 0 N–H and O–H groups in total. The molecule has 1 aromatic rings. The lowest BCUT2D eigenvalue weighted by Crippen LogP contribution is -2.42. The molecule has 0 unspecified atom stereocenters. The summed E-state index contributed by atoms with van der Waals surface area (Å²) in [6.07, 6.45) is 4.90. The molecule has 5 heteroatoms. The van der Waals surface area contributed by atoms with Crippen molar-refractivity contribution in [2.75, 3.05) is 19.7 Å². The highest BCUT2D eigenvalue weighted by molar-refractivity contribution is 6.30. The molecule has 1 atom stereocenters. The van der Waals surface area contributed by atoms with Crippen LogP contribution in [0.15, 0.2) is 30.3 Å². The minimum Gasteiger partial charge on any atom is -0.466 e. The molecule has 2 rings (SSSR count). The average molecular weight is 322 g/mol. The highest BCUT2D eigenvalue weighted by Crippen LogP contribution is 2.18. The number of hydrogen-bond acceptors (Lipinski definition) is 3. The number of rotatable bonds is 4. The predicted octanol–water partition coefficient (Wildman–Crippen LogP) is 3.15. The Kier molecular flexibility index (Phi) is 6.01. The van der Waals surface area contributed by atoms with Crippen molar-refractivity contribution >= 4 is 29.6 Å². The third kappa shape index (κ3) is 4.60. The maximum atomic E-state index is 12.2. The summed E-state index contributed by atoms with van der Waals surface area (Å²) in [6, 6.07) is 7.26. The van der Waals surface area contributed by atoms with Gasteiger partial charge in [-0.05, 0) is 43.5 Å². The van der Waals surface area contributed by atoms with Crippen LogP contribution in [0.5, 0.6) is 0 Å². The van der Waals surface area contributed by atoms with Crippen LogP contribution in [-0.4, -0.2) is 36.5 Å². The van der Waals surface area contributed by atoms with E-state index in [1.165, 1.54) is 6.08 Å². The number of nitrogens with zero attached hydrogens (tertiary/aromatic N) is 1. The smallest absolute Gasteiger partial charge is 0.310 e. The summed E-state index contributed by atoms with van der Waals surface area (Å²) >= 11 is 5.82. The Morgan fingerprint density at radius 1 is 1.36 bits per heavy atom. The molecule has 0 radical (unpaired) electrons. The van der Waals surface area contributed by atoms with Crippen molar-refractivity contribution < 1.29 is 14.3 Å². The van der Waals surface area contributed by atoms with Gasteiger partial charge in [-0.15, -0.1) is 0 Å². The monoisotopic (exact) mass is 321 g/mol. The van der Waals surface area contributed by atoms with Crippen LogP contribution in [-0.2, 0) is 14.3 Å². The van der Waals surface area contributed by atoms with Gasteiger partial charge >= 0.3 is 5.97 Å². The topological polar surface area (TPSA) is 46.6 Å². The molecule has 0 bridgehead atoms. The molecular weight excluding hydrogens is 302 g/mol. The lowest BCUT2D eigenvalue weighted by molar-refractivity contribution is -0.150. The average Bonchev–Trinajstić information content (AvgIpc) is 2.54. The van der Waals surface area contributed by atoms with Crippen molar-refractivity contribution in [2.24, 2.45) is 5.92 Å². The first-order valence-corrected chi connectivity index (χ1v) is 7.87. The standard InChI is InChI=1S/C17H20ClNO3/c1-2-22-17(21)14-4-3-11-19(12-14)16(20)10-7-13-5-8-15(18)9-6-13/h5-10,14H,2-4,11-12H2,1H3/b10-7+/t14-/m0/s1. The van der Waals surface area contributed by atoms with Crippen LogP contribution < -0.4 is 0 Å². The highest BCUT2D eigenvalue weighted by atomic mass is 35.5. The molecule has 0 saturated carbocycles. The SMILES string of the molecule is CCOC(=O)[C@H]1CCCN(C(=O)/C=C/c2ccc(Cl)cc2)C1. The third-order valence-corrected chi connectivity index (χ3v) is 3.89. The maximum absolute atomic E-state index is 12.2. The molecule has 1 amide bonds. The van der Waals surface area contributed by atoms with Gasteiger partial charge in [0.15, 0.2) is 0 Å². The zero-order chi connectivity index (χ0) is 15.9. The Bertz CT molecular complexity index is 554. The van der Waals surface area contributed by atoms with Crippen LogP contribution in [0.2, 0.25) is 5.02 Å². The molecule has 1 aliphatic rings. The Hall–Kier alpha value is -1.81. The van der Waals surface area contributed by atoms with E-state index in [1.54, 1.807) is 30.0 Å². The molecule has 1 saturated heterocycles. The van der Waals surface area contributed by atoms with Crippen molar-refractivity contribution in [1.82, 2.24) is 4.90 Å². The minimum absolute atomic E-state index is 0.0797. The Labute approximate surface area is 135 Å². The number of amides is 1. The van der Waals surface area contributed by atoms with Crippen LogP contribution in [0, 0.1) is 5.92 Å². The first kappa shape index (κ1) is 16.6. The van der Waals surface area contributed by atoms with Gasteiger partial charge in [-0.25, -0.2) is 0 Å². The lowest BCUT2D eigenvalue weighted by Gasteiger charge is -2.30. The largest absolute Gasteiger partial charge is 0.466 e. The summed E-state index contributed by atoms with van der Waals surface area (Å²) < 4.78 is 5.04. The van der Waals surface area contributed by atoms with Gasteiger partial charge in [0.05, 0.1) is 12.5 Å². The van der Waals surface area contributed by atoms with Gasteiger partial charge in [0.1, 0.15) is 0 Å². The lowest BCUT2D eigenvalue weighted by atomic mass is 9.98. The number of esters is 1. The van der Waals surface area contributed by atoms with E-state index >= 15 is 0 Å². The summed E-state index contributed by atoms with van der Waals surface area (Å²) in [5, 5.41) is 0.664. The number of halogens is 1. The molecule has 1 aliphatic heterocycles.